The first-order valence-corrected chi connectivity index (χ1v) is 13.8. The van der Waals surface area contributed by atoms with Crippen LogP contribution in [0.1, 0.15) is 31.2 Å². The van der Waals surface area contributed by atoms with Gasteiger partial charge in [-0.25, -0.2) is 4.79 Å². The Labute approximate surface area is 252 Å². The molecule has 0 aromatic heterocycles. The number of hydrogen-bond donors (Lipinski definition) is 6. The van der Waals surface area contributed by atoms with Crippen molar-refractivity contribution in [3.63, 3.8) is 0 Å². The van der Waals surface area contributed by atoms with Crippen LogP contribution in [-0.4, -0.2) is 103 Å². The van der Waals surface area contributed by atoms with Crippen LogP contribution in [0.15, 0.2) is 42.5 Å². The van der Waals surface area contributed by atoms with Gasteiger partial charge in [-0.05, 0) is 18.4 Å². The highest BCUT2D eigenvalue weighted by Crippen LogP contribution is 2.08. The van der Waals surface area contributed by atoms with Gasteiger partial charge in [0, 0.05) is 31.5 Å². The van der Waals surface area contributed by atoms with Gasteiger partial charge in [0.05, 0.1) is 19.6 Å². The highest BCUT2D eigenvalue weighted by molar-refractivity contribution is 6.12. The van der Waals surface area contributed by atoms with E-state index in [0.29, 0.717) is 19.3 Å². The molecule has 16 nitrogen and oxygen atoms in total. The van der Waals surface area contributed by atoms with E-state index in [1.54, 1.807) is 30.3 Å². The lowest BCUT2D eigenvalue weighted by molar-refractivity contribution is -0.143. The van der Waals surface area contributed by atoms with Crippen LogP contribution in [0.5, 0.6) is 0 Å². The smallest absolute Gasteiger partial charge is 0.329 e. The molecule has 1 aromatic rings. The van der Waals surface area contributed by atoms with E-state index >= 15 is 0 Å². The molecule has 1 aliphatic heterocycles. The fourth-order valence-corrected chi connectivity index (χ4v) is 3.82. The molecule has 1 aliphatic rings. The number of ether oxygens (including phenoxy) is 1. The molecule has 0 saturated carbocycles. The number of amides is 7. The number of carboxylic acid groups (broad SMARTS) is 1. The quantitative estimate of drug-likeness (QED) is 0.0522. The van der Waals surface area contributed by atoms with Gasteiger partial charge in [-0.3, -0.25) is 38.5 Å². The normalized spacial score (nSPS) is 12.8. The molecule has 2 rings (SSSR count). The number of nitrogens with zero attached hydrogens (tertiary/aromatic N) is 1. The van der Waals surface area contributed by atoms with Crippen molar-refractivity contribution in [2.24, 2.45) is 0 Å². The molecule has 0 saturated heterocycles. The third-order valence-electron chi connectivity index (χ3n) is 6.03. The summed E-state index contributed by atoms with van der Waals surface area (Å²) in [6.07, 6.45) is 4.28. The molecule has 6 N–H and O–H groups in total. The molecule has 44 heavy (non-hydrogen) atoms. The van der Waals surface area contributed by atoms with Crippen LogP contribution in [0.4, 0.5) is 0 Å². The average Bonchev–Trinajstić information content (AvgIpc) is 3.32. The summed E-state index contributed by atoms with van der Waals surface area (Å²) in [5.41, 5.74) is 0.723. The van der Waals surface area contributed by atoms with Crippen molar-refractivity contribution >= 4 is 47.3 Å². The van der Waals surface area contributed by atoms with Crippen molar-refractivity contribution in [1.29, 1.82) is 0 Å². The summed E-state index contributed by atoms with van der Waals surface area (Å²) in [5.74, 6) is -4.92. The predicted molar refractivity (Wildman–Crippen MR) is 152 cm³/mol. The van der Waals surface area contributed by atoms with Crippen molar-refractivity contribution in [2.45, 2.75) is 38.1 Å². The van der Waals surface area contributed by atoms with Crippen molar-refractivity contribution in [3.05, 3.63) is 48.0 Å². The Morgan fingerprint density at radius 3 is 2.05 bits per heavy atom. The number of carboxylic acids is 1. The van der Waals surface area contributed by atoms with Crippen LogP contribution in [0, 0.1) is 0 Å². The fourth-order valence-electron chi connectivity index (χ4n) is 3.82. The number of unbranched alkanes of at least 4 members (excludes halogenated alkanes) is 2. The zero-order valence-corrected chi connectivity index (χ0v) is 24.0. The lowest BCUT2D eigenvalue weighted by Crippen LogP contribution is -2.52. The van der Waals surface area contributed by atoms with Crippen LogP contribution in [-0.2, 0) is 49.5 Å². The van der Waals surface area contributed by atoms with E-state index in [0.717, 1.165) is 10.5 Å². The molecule has 0 fully saturated rings. The Morgan fingerprint density at radius 1 is 0.750 bits per heavy atom. The zero-order chi connectivity index (χ0) is 32.3. The van der Waals surface area contributed by atoms with Gasteiger partial charge in [-0.1, -0.05) is 36.8 Å². The highest BCUT2D eigenvalue weighted by Gasteiger charge is 2.23. The molecule has 7 amide bonds. The van der Waals surface area contributed by atoms with Crippen LogP contribution in [0.25, 0.3) is 0 Å². The number of rotatable bonds is 20. The number of carbonyl (C=O) groups is 8. The summed E-state index contributed by atoms with van der Waals surface area (Å²) in [5, 5.41) is 20.5. The molecule has 0 radical (unpaired) electrons. The van der Waals surface area contributed by atoms with Gasteiger partial charge < -0.3 is 36.4 Å². The molecule has 0 aliphatic carbocycles. The predicted octanol–water partition coefficient (Wildman–Crippen LogP) is -2.28. The van der Waals surface area contributed by atoms with Gasteiger partial charge in [-0.15, -0.1) is 0 Å². The monoisotopic (exact) mass is 616 g/mol. The van der Waals surface area contributed by atoms with E-state index in [9.17, 15) is 38.4 Å². The lowest BCUT2D eigenvalue weighted by Gasteiger charge is -2.19. The first kappa shape index (κ1) is 35.1. The van der Waals surface area contributed by atoms with E-state index in [1.165, 1.54) is 12.2 Å². The van der Waals surface area contributed by atoms with Crippen molar-refractivity contribution in [2.75, 3.05) is 39.5 Å². The minimum Gasteiger partial charge on any atom is -0.480 e. The summed E-state index contributed by atoms with van der Waals surface area (Å²) in [6.45, 7) is -2.00. The van der Waals surface area contributed by atoms with Gasteiger partial charge in [0.2, 0.25) is 29.5 Å². The summed E-state index contributed by atoms with van der Waals surface area (Å²) in [6, 6.07) is 7.69. The number of imide groups is 1. The molecule has 238 valence electrons. The van der Waals surface area contributed by atoms with Crippen molar-refractivity contribution < 1.29 is 48.2 Å². The molecule has 1 heterocycles. The average molecular weight is 617 g/mol. The Kier molecular flexibility index (Phi) is 15.3. The second-order valence-corrected chi connectivity index (χ2v) is 9.54. The van der Waals surface area contributed by atoms with Gasteiger partial charge in [0.1, 0.15) is 19.4 Å². The lowest BCUT2D eigenvalue weighted by atomic mass is 10.1. The summed E-state index contributed by atoms with van der Waals surface area (Å²) >= 11 is 0. The van der Waals surface area contributed by atoms with E-state index in [2.05, 4.69) is 26.6 Å². The molecule has 0 spiro atoms. The first-order valence-electron chi connectivity index (χ1n) is 13.8. The van der Waals surface area contributed by atoms with E-state index in [4.69, 9.17) is 9.84 Å². The minimum absolute atomic E-state index is 0.0906. The SMILES string of the molecule is O=C(O)COCNC(=O)CNC(=O)[C@H](Cc1ccccc1)NC(=O)CNC(=O)CNC(=O)CCCCCN1C(=O)C=CC1=O. The van der Waals surface area contributed by atoms with Gasteiger partial charge in [0.25, 0.3) is 11.8 Å². The van der Waals surface area contributed by atoms with Crippen LogP contribution >= 0.6 is 0 Å². The van der Waals surface area contributed by atoms with E-state index in [-0.39, 0.29) is 50.4 Å². The first-order chi connectivity index (χ1) is 21.0. The maximum absolute atomic E-state index is 12.8. The highest BCUT2D eigenvalue weighted by atomic mass is 16.5. The molecular formula is C28H36N6O10. The number of benzene rings is 1. The van der Waals surface area contributed by atoms with Crippen LogP contribution < -0.4 is 26.6 Å². The summed E-state index contributed by atoms with van der Waals surface area (Å²) < 4.78 is 4.70. The second-order valence-electron chi connectivity index (χ2n) is 9.54. The minimum atomic E-state index is -1.21. The summed E-state index contributed by atoms with van der Waals surface area (Å²) in [7, 11) is 0. The van der Waals surface area contributed by atoms with Gasteiger partial charge in [0.15, 0.2) is 0 Å². The Balaban J connectivity index is 1.69. The zero-order valence-electron chi connectivity index (χ0n) is 24.0. The van der Waals surface area contributed by atoms with Gasteiger partial charge >= 0.3 is 5.97 Å². The third-order valence-corrected chi connectivity index (χ3v) is 6.03. The van der Waals surface area contributed by atoms with Crippen molar-refractivity contribution in [1.82, 2.24) is 31.5 Å². The Bertz CT molecular complexity index is 1220. The third kappa shape index (κ3) is 14.2. The molecule has 1 atom stereocenters. The standard InChI is InChI=1S/C28H36N6O10/c35-21(9-5-2-6-12-34-25(39)10-11-26(34)40)29-14-22(36)30-16-24(38)33-20(13-19-7-3-1-4-8-19)28(43)31-15-23(37)32-18-44-17-27(41)42/h1,3-4,7-8,10-11,20H,2,5-6,9,12-18H2,(H,29,35)(H,30,36)(H,31,43)(H,32,37)(H,33,38)(H,41,42)/t20-/m0/s1. The second kappa shape index (κ2) is 19.1. The number of hydrogen-bond acceptors (Lipinski definition) is 9. The van der Waals surface area contributed by atoms with Gasteiger partial charge in [-0.2, -0.15) is 0 Å². The molecule has 0 unspecified atom stereocenters. The maximum atomic E-state index is 12.8. The molecule has 1 aromatic carbocycles. The Morgan fingerprint density at radius 2 is 1.36 bits per heavy atom. The number of carbonyl (C=O) groups excluding carboxylic acids is 7. The van der Waals surface area contributed by atoms with Crippen LogP contribution in [0.3, 0.4) is 0 Å². The number of nitrogens with one attached hydrogen (secondary N) is 5. The molecular weight excluding hydrogens is 580 g/mol. The molecule has 0 bridgehead atoms. The maximum Gasteiger partial charge on any atom is 0.329 e. The van der Waals surface area contributed by atoms with E-state index in [1.807, 2.05) is 0 Å². The number of aliphatic carboxylic acids is 1. The largest absolute Gasteiger partial charge is 0.480 e. The van der Waals surface area contributed by atoms with E-state index < -0.39 is 55.3 Å². The van der Waals surface area contributed by atoms with Crippen molar-refractivity contribution in [3.8, 4) is 0 Å². The molecule has 16 heteroatoms. The topological polar surface area (TPSA) is 229 Å². The Hall–Kier alpha value is -5.12. The summed E-state index contributed by atoms with van der Waals surface area (Å²) in [4.78, 5) is 95.9. The fraction of sp³-hybridized carbons (Fsp3) is 0.429. The van der Waals surface area contributed by atoms with Crippen LogP contribution in [0.2, 0.25) is 0 Å².